The quantitative estimate of drug-likeness (QED) is 0.0332. The lowest BCUT2D eigenvalue weighted by atomic mass is 9.99. The zero-order valence-electron chi connectivity index (χ0n) is 30.8. The fourth-order valence-electron chi connectivity index (χ4n) is 5.30. The fourth-order valence-corrected chi connectivity index (χ4v) is 5.30. The molecular formula is C42H70O6. The molecule has 4 atom stereocenters. The molecule has 6 nitrogen and oxygen atoms in total. The maximum Gasteiger partial charge on any atom is 0.306 e. The average molecular weight is 671 g/mol. The normalized spacial score (nSPS) is 17.8. The van der Waals surface area contributed by atoms with Gasteiger partial charge < -0.3 is 19.3 Å². The maximum absolute atomic E-state index is 12.0. The number of aliphatic hydroxyl groups excluding tert-OH is 1. The molecule has 1 N–H and O–H groups in total. The molecule has 0 saturated carbocycles. The number of esters is 2. The second-order valence-electron chi connectivity index (χ2n) is 13.3. The Labute approximate surface area is 294 Å². The molecule has 0 bridgehead atoms. The lowest BCUT2D eigenvalue weighted by molar-refractivity contribution is -0.152. The van der Waals surface area contributed by atoms with Crippen LogP contribution in [0.4, 0.5) is 0 Å². The molecule has 48 heavy (non-hydrogen) atoms. The van der Waals surface area contributed by atoms with Crippen molar-refractivity contribution in [2.45, 2.75) is 174 Å². The van der Waals surface area contributed by atoms with Crippen LogP contribution in [0.3, 0.4) is 0 Å². The highest BCUT2D eigenvalue weighted by Gasteiger charge is 2.35. The van der Waals surface area contributed by atoms with E-state index in [1.54, 1.807) is 0 Å². The lowest BCUT2D eigenvalue weighted by Gasteiger charge is -2.12. The Bertz CT molecular complexity index is 932. The van der Waals surface area contributed by atoms with E-state index in [-0.39, 0.29) is 31.6 Å². The number of aliphatic hydroxyl groups is 1. The molecule has 274 valence electrons. The van der Waals surface area contributed by atoms with Crippen molar-refractivity contribution in [2.75, 3.05) is 13.2 Å². The van der Waals surface area contributed by atoms with Gasteiger partial charge in [-0.2, -0.15) is 0 Å². The smallest absolute Gasteiger partial charge is 0.306 e. The van der Waals surface area contributed by atoms with Crippen molar-refractivity contribution in [3.8, 4) is 0 Å². The van der Waals surface area contributed by atoms with Crippen LogP contribution in [0, 0.1) is 5.92 Å². The van der Waals surface area contributed by atoms with Gasteiger partial charge in [0.1, 0.15) is 19.3 Å². The molecule has 0 aromatic carbocycles. The second kappa shape index (κ2) is 31.8. The number of carbonyl (C=O) groups excluding carboxylic acids is 2. The number of rotatable bonds is 32. The Morgan fingerprint density at radius 3 is 1.62 bits per heavy atom. The Morgan fingerprint density at radius 2 is 1.08 bits per heavy atom. The van der Waals surface area contributed by atoms with E-state index in [1.807, 2.05) is 12.2 Å². The van der Waals surface area contributed by atoms with Gasteiger partial charge in [-0.25, -0.2) is 0 Å². The minimum absolute atomic E-state index is 0.144. The van der Waals surface area contributed by atoms with Crippen LogP contribution in [0.5, 0.6) is 0 Å². The summed E-state index contributed by atoms with van der Waals surface area (Å²) in [6.07, 6.45) is 43.2. The molecule has 1 heterocycles. The summed E-state index contributed by atoms with van der Waals surface area (Å²) >= 11 is 0. The number of allylic oxidation sites excluding steroid dienone is 8. The summed E-state index contributed by atoms with van der Waals surface area (Å²) in [5.41, 5.74) is 0. The van der Waals surface area contributed by atoms with Crippen molar-refractivity contribution in [1.29, 1.82) is 0 Å². The summed E-state index contributed by atoms with van der Waals surface area (Å²) in [5.74, 6) is 0.205. The molecule has 0 spiro atoms. The summed E-state index contributed by atoms with van der Waals surface area (Å²) in [7, 11) is 0. The second-order valence-corrected chi connectivity index (χ2v) is 13.3. The van der Waals surface area contributed by atoms with Gasteiger partial charge in [-0.15, -0.1) is 0 Å². The molecule has 1 aliphatic heterocycles. The average Bonchev–Trinajstić information content (AvgIpc) is 3.84. The topological polar surface area (TPSA) is 85.4 Å². The summed E-state index contributed by atoms with van der Waals surface area (Å²) in [6, 6.07) is 0. The van der Waals surface area contributed by atoms with Crippen LogP contribution in [0.25, 0.3) is 0 Å². The minimum atomic E-state index is -0.998. The first kappa shape index (κ1) is 43.6. The predicted octanol–water partition coefficient (Wildman–Crippen LogP) is 10.9. The van der Waals surface area contributed by atoms with Gasteiger partial charge in [0.2, 0.25) is 0 Å². The fraction of sp³-hybridized carbons (Fsp3) is 0.714. The van der Waals surface area contributed by atoms with Crippen LogP contribution in [0.15, 0.2) is 60.8 Å². The van der Waals surface area contributed by atoms with Crippen LogP contribution in [-0.2, 0) is 23.8 Å². The van der Waals surface area contributed by atoms with Gasteiger partial charge in [0, 0.05) is 12.8 Å². The number of hydrogen-bond donors (Lipinski definition) is 1. The van der Waals surface area contributed by atoms with E-state index < -0.39 is 6.10 Å². The van der Waals surface area contributed by atoms with E-state index in [1.165, 1.54) is 57.8 Å². The van der Waals surface area contributed by atoms with Gasteiger partial charge in [0.25, 0.3) is 0 Å². The molecule has 0 aromatic rings. The zero-order chi connectivity index (χ0) is 34.9. The highest BCUT2D eigenvalue weighted by Crippen LogP contribution is 2.29. The third kappa shape index (κ3) is 28.6. The van der Waals surface area contributed by atoms with Gasteiger partial charge in [0.05, 0.1) is 12.2 Å². The Balaban J connectivity index is 1.89. The van der Waals surface area contributed by atoms with Crippen molar-refractivity contribution >= 4 is 11.9 Å². The van der Waals surface area contributed by atoms with E-state index in [4.69, 9.17) is 14.2 Å². The molecule has 0 aromatic heterocycles. The standard InChI is InChI=1S/C42H70O6/c1-4-6-25-31-39-40(48-39)32-27-22-18-14-9-7-8-10-15-19-23-28-33-41(44)46-35-38(43)36-47-42(45)34-29-24-20-16-12-11-13-17-21-26-30-37(3)5-2/h6,8-10,14,19,22-23,25,27,37-40,43H,4-5,7,11-13,15-18,20-21,24,26,28-36H2,1-3H3/b10-8-,14-9-,23-19-,25-6-,27-22-/t37?,38-,39?,40?/m1/s1. The Hall–Kier alpha value is -2.44. The SMILES string of the molecule is CC/C=C\CC1OC1C/C=C\C/C=C\C/C=C\C/C=C\CCC(=O)OC[C@@H](O)COC(=O)CCCCCCCCCCCCC(C)CC. The van der Waals surface area contributed by atoms with Gasteiger partial charge in [-0.1, -0.05) is 152 Å². The summed E-state index contributed by atoms with van der Waals surface area (Å²) < 4.78 is 15.9. The van der Waals surface area contributed by atoms with E-state index in [0.717, 1.165) is 63.7 Å². The number of unbranched alkanes of at least 4 members (excludes halogenated alkanes) is 9. The number of hydrogen-bond acceptors (Lipinski definition) is 6. The van der Waals surface area contributed by atoms with E-state index >= 15 is 0 Å². The minimum Gasteiger partial charge on any atom is -0.463 e. The van der Waals surface area contributed by atoms with Crippen molar-refractivity contribution in [2.24, 2.45) is 5.92 Å². The molecule has 6 heteroatoms. The van der Waals surface area contributed by atoms with Gasteiger partial charge in [-0.05, 0) is 57.3 Å². The maximum atomic E-state index is 12.0. The zero-order valence-corrected chi connectivity index (χ0v) is 30.8. The summed E-state index contributed by atoms with van der Waals surface area (Å²) in [5, 5.41) is 10.00. The van der Waals surface area contributed by atoms with Crippen LogP contribution in [0.2, 0.25) is 0 Å². The number of ether oxygens (including phenoxy) is 3. The predicted molar refractivity (Wildman–Crippen MR) is 200 cm³/mol. The monoisotopic (exact) mass is 671 g/mol. The van der Waals surface area contributed by atoms with Crippen LogP contribution >= 0.6 is 0 Å². The molecule has 0 radical (unpaired) electrons. The van der Waals surface area contributed by atoms with E-state index in [9.17, 15) is 14.7 Å². The Morgan fingerprint density at radius 1 is 0.625 bits per heavy atom. The summed E-state index contributed by atoms with van der Waals surface area (Å²) in [4.78, 5) is 23.9. The van der Waals surface area contributed by atoms with Crippen LogP contribution < -0.4 is 0 Å². The van der Waals surface area contributed by atoms with E-state index in [0.29, 0.717) is 25.0 Å². The van der Waals surface area contributed by atoms with Gasteiger partial charge in [0.15, 0.2) is 0 Å². The molecular weight excluding hydrogens is 600 g/mol. The number of carbonyl (C=O) groups is 2. The molecule has 1 fully saturated rings. The van der Waals surface area contributed by atoms with Gasteiger partial charge >= 0.3 is 11.9 Å². The Kier molecular flexibility index (Phi) is 28.9. The first-order valence-electron chi connectivity index (χ1n) is 19.4. The lowest BCUT2D eigenvalue weighted by Crippen LogP contribution is -2.25. The van der Waals surface area contributed by atoms with Crippen molar-refractivity contribution in [3.63, 3.8) is 0 Å². The first-order chi connectivity index (χ1) is 23.5. The number of epoxide rings is 1. The van der Waals surface area contributed by atoms with Crippen LogP contribution in [-0.4, -0.2) is 48.6 Å². The third-order valence-electron chi connectivity index (χ3n) is 8.72. The van der Waals surface area contributed by atoms with Crippen molar-refractivity contribution in [1.82, 2.24) is 0 Å². The largest absolute Gasteiger partial charge is 0.463 e. The highest BCUT2D eigenvalue weighted by atomic mass is 16.6. The van der Waals surface area contributed by atoms with Gasteiger partial charge in [-0.3, -0.25) is 9.59 Å². The van der Waals surface area contributed by atoms with E-state index in [2.05, 4.69) is 69.4 Å². The third-order valence-corrected chi connectivity index (χ3v) is 8.72. The highest BCUT2D eigenvalue weighted by molar-refractivity contribution is 5.70. The van der Waals surface area contributed by atoms with Crippen molar-refractivity contribution < 1.29 is 28.9 Å². The molecule has 1 rings (SSSR count). The molecule has 0 amide bonds. The molecule has 0 aliphatic carbocycles. The first-order valence-corrected chi connectivity index (χ1v) is 19.4. The van der Waals surface area contributed by atoms with Crippen molar-refractivity contribution in [3.05, 3.63) is 60.8 Å². The molecule has 1 saturated heterocycles. The molecule has 1 aliphatic rings. The molecule has 3 unspecified atom stereocenters. The van der Waals surface area contributed by atoms with Crippen LogP contribution in [0.1, 0.15) is 156 Å². The summed E-state index contributed by atoms with van der Waals surface area (Å²) in [6.45, 7) is 6.47.